The molecule has 1 heterocycles. The second kappa shape index (κ2) is 3.20. The Morgan fingerprint density at radius 3 is 2.76 bits per heavy atom. The van der Waals surface area contributed by atoms with Crippen LogP contribution in [0.1, 0.15) is 11.1 Å². The number of epoxide rings is 1. The quantitative estimate of drug-likeness (QED) is 0.669. The third-order valence-corrected chi connectivity index (χ3v) is 5.13. The second-order valence-electron chi connectivity index (χ2n) is 6.15. The van der Waals surface area contributed by atoms with Crippen LogP contribution in [0.15, 0.2) is 65.6 Å². The van der Waals surface area contributed by atoms with Crippen molar-refractivity contribution < 1.29 is 4.74 Å². The first-order chi connectivity index (χ1) is 10.4. The molecule has 21 heavy (non-hydrogen) atoms. The highest BCUT2D eigenvalue weighted by Crippen LogP contribution is 2.59. The van der Waals surface area contributed by atoms with Crippen LogP contribution in [0.4, 0.5) is 0 Å². The van der Waals surface area contributed by atoms with Gasteiger partial charge in [0, 0.05) is 17.1 Å². The summed E-state index contributed by atoms with van der Waals surface area (Å²) in [4.78, 5) is 0. The van der Waals surface area contributed by atoms with Gasteiger partial charge in [-0.15, -0.1) is 0 Å². The molecule has 0 bridgehead atoms. The van der Waals surface area contributed by atoms with Gasteiger partial charge in [-0.25, -0.2) is 0 Å². The normalized spacial score (nSPS) is 22.9. The van der Waals surface area contributed by atoms with Gasteiger partial charge in [-0.3, -0.25) is 0 Å². The third kappa shape index (κ3) is 1.10. The zero-order chi connectivity index (χ0) is 13.6. The highest BCUT2D eigenvalue weighted by Gasteiger charge is 2.49. The van der Waals surface area contributed by atoms with Gasteiger partial charge in [-0.2, -0.15) is 0 Å². The summed E-state index contributed by atoms with van der Waals surface area (Å²) in [6, 6.07) is 17.5. The maximum Gasteiger partial charge on any atom is 0.175 e. The van der Waals surface area contributed by atoms with Crippen LogP contribution in [-0.2, 0) is 11.2 Å². The molecule has 1 nitrogen and oxygen atoms in total. The van der Waals surface area contributed by atoms with E-state index in [1.54, 1.807) is 5.57 Å². The standard InChI is InChI=1S/C20H12O/c1-3-7-13-11(5-1)10-16-17-15(13)9-12-6-2-4-8-14(12)18(17)20-19(16)21-20/h1-8,10,17H,9H2. The molecule has 98 valence electrons. The Morgan fingerprint density at radius 2 is 1.76 bits per heavy atom. The van der Waals surface area contributed by atoms with Crippen LogP contribution in [0, 0.1) is 5.92 Å². The third-order valence-electron chi connectivity index (χ3n) is 5.13. The average molecular weight is 268 g/mol. The first kappa shape index (κ1) is 10.2. The van der Waals surface area contributed by atoms with Gasteiger partial charge in [0.15, 0.2) is 11.5 Å². The Morgan fingerprint density at radius 1 is 0.905 bits per heavy atom. The minimum absolute atomic E-state index is 0.438. The topological polar surface area (TPSA) is 12.5 Å². The van der Waals surface area contributed by atoms with Crippen molar-refractivity contribution >= 4 is 17.2 Å². The predicted octanol–water partition coefficient (Wildman–Crippen LogP) is 2.51. The van der Waals surface area contributed by atoms with Gasteiger partial charge in [0.05, 0.1) is 0 Å². The van der Waals surface area contributed by atoms with Crippen molar-refractivity contribution in [3.8, 4) is 0 Å². The van der Waals surface area contributed by atoms with Crippen molar-refractivity contribution in [2.45, 2.75) is 6.42 Å². The fraction of sp³-hybridized carbons (Fsp3) is 0.100. The lowest BCUT2D eigenvalue weighted by molar-refractivity contribution is 0.540. The summed E-state index contributed by atoms with van der Waals surface area (Å²) >= 11 is 0. The molecule has 0 radical (unpaired) electrons. The Hall–Kier alpha value is -2.54. The van der Waals surface area contributed by atoms with Crippen LogP contribution in [0.25, 0.3) is 17.2 Å². The highest BCUT2D eigenvalue weighted by atomic mass is 16.6. The van der Waals surface area contributed by atoms with Gasteiger partial charge in [-0.05, 0) is 39.6 Å². The van der Waals surface area contributed by atoms with Gasteiger partial charge >= 0.3 is 0 Å². The first-order valence-corrected chi connectivity index (χ1v) is 7.46. The fourth-order valence-corrected chi connectivity index (χ4v) is 4.23. The van der Waals surface area contributed by atoms with Crippen molar-refractivity contribution in [1.82, 2.24) is 0 Å². The van der Waals surface area contributed by atoms with Crippen molar-refractivity contribution in [2.75, 3.05) is 0 Å². The van der Waals surface area contributed by atoms with Crippen LogP contribution < -0.4 is 10.4 Å². The zero-order valence-electron chi connectivity index (χ0n) is 11.4. The lowest BCUT2D eigenvalue weighted by Crippen LogP contribution is -2.36. The van der Waals surface area contributed by atoms with Gasteiger partial charge in [0.1, 0.15) is 0 Å². The molecule has 2 aromatic rings. The van der Waals surface area contributed by atoms with E-state index in [0.717, 1.165) is 17.9 Å². The van der Waals surface area contributed by atoms with Gasteiger partial charge in [-0.1, -0.05) is 48.5 Å². The van der Waals surface area contributed by atoms with Crippen LogP contribution in [0.2, 0.25) is 0 Å². The molecule has 0 amide bonds. The van der Waals surface area contributed by atoms with E-state index in [1.165, 1.54) is 32.7 Å². The smallest absolute Gasteiger partial charge is 0.175 e. The van der Waals surface area contributed by atoms with E-state index in [1.807, 2.05) is 0 Å². The number of benzene rings is 2. The largest absolute Gasteiger partial charge is 0.449 e. The van der Waals surface area contributed by atoms with Gasteiger partial charge in [0.2, 0.25) is 0 Å². The van der Waals surface area contributed by atoms with Crippen LogP contribution in [-0.4, -0.2) is 0 Å². The van der Waals surface area contributed by atoms with Crippen LogP contribution in [0.3, 0.4) is 0 Å². The summed E-state index contributed by atoms with van der Waals surface area (Å²) in [5.41, 5.74) is 7.15. The molecule has 6 rings (SSSR count). The molecule has 0 saturated carbocycles. The second-order valence-corrected chi connectivity index (χ2v) is 6.15. The van der Waals surface area contributed by atoms with Crippen molar-refractivity contribution in [2.24, 2.45) is 5.92 Å². The molecule has 1 atom stereocenters. The molecule has 1 fully saturated rings. The SMILES string of the molecule is C1=c2ccccc2=C2Cc3ccccc3C3=C4OC4=C1C32. The van der Waals surface area contributed by atoms with E-state index in [4.69, 9.17) is 4.74 Å². The number of allylic oxidation sites excluding steroid dienone is 2. The summed E-state index contributed by atoms with van der Waals surface area (Å²) in [7, 11) is 0. The Kier molecular flexibility index (Phi) is 1.56. The Labute approximate surface area is 122 Å². The predicted molar refractivity (Wildman–Crippen MR) is 82.2 cm³/mol. The number of hydrogen-bond donors (Lipinski definition) is 0. The molecule has 2 aromatic carbocycles. The molecule has 4 aliphatic rings. The van der Waals surface area contributed by atoms with Crippen LogP contribution in [0.5, 0.6) is 0 Å². The number of rotatable bonds is 0. The molecular formula is C20H12O. The summed E-state index contributed by atoms with van der Waals surface area (Å²) in [6.07, 6.45) is 3.38. The highest BCUT2D eigenvalue weighted by molar-refractivity contribution is 5.97. The molecule has 3 aliphatic carbocycles. The van der Waals surface area contributed by atoms with E-state index in [2.05, 4.69) is 54.6 Å². The summed E-state index contributed by atoms with van der Waals surface area (Å²) in [5.74, 6) is 2.72. The maximum absolute atomic E-state index is 5.79. The first-order valence-electron chi connectivity index (χ1n) is 7.46. The summed E-state index contributed by atoms with van der Waals surface area (Å²) < 4.78 is 5.79. The molecule has 0 spiro atoms. The van der Waals surface area contributed by atoms with E-state index < -0.39 is 0 Å². The Balaban J connectivity index is 1.81. The van der Waals surface area contributed by atoms with Crippen molar-refractivity contribution in [3.05, 3.63) is 87.2 Å². The van der Waals surface area contributed by atoms with Crippen molar-refractivity contribution in [1.29, 1.82) is 0 Å². The lowest BCUT2D eigenvalue weighted by atomic mass is 9.72. The molecular weight excluding hydrogens is 256 g/mol. The minimum Gasteiger partial charge on any atom is -0.449 e. The average Bonchev–Trinajstić information content (AvgIpc) is 3.26. The Bertz CT molecular complexity index is 1030. The number of ether oxygens (including phenoxy) is 1. The summed E-state index contributed by atoms with van der Waals surface area (Å²) in [5, 5.41) is 2.75. The minimum atomic E-state index is 0.438. The molecule has 0 N–H and O–H groups in total. The van der Waals surface area contributed by atoms with Crippen molar-refractivity contribution in [3.63, 3.8) is 0 Å². The van der Waals surface area contributed by atoms with Crippen LogP contribution >= 0.6 is 0 Å². The summed E-state index contributed by atoms with van der Waals surface area (Å²) in [6.45, 7) is 0. The van der Waals surface area contributed by atoms with Gasteiger partial charge < -0.3 is 4.74 Å². The van der Waals surface area contributed by atoms with E-state index in [-0.39, 0.29) is 0 Å². The molecule has 1 heteroatoms. The molecule has 1 aliphatic heterocycles. The molecule has 1 saturated heterocycles. The lowest BCUT2D eigenvalue weighted by Gasteiger charge is -2.31. The van der Waals surface area contributed by atoms with E-state index in [0.29, 0.717) is 5.92 Å². The van der Waals surface area contributed by atoms with E-state index in [9.17, 15) is 0 Å². The number of hydrogen-bond acceptors (Lipinski definition) is 1. The van der Waals surface area contributed by atoms with Gasteiger partial charge in [0.25, 0.3) is 0 Å². The maximum atomic E-state index is 5.79. The number of fused-ring (bicyclic) bond motifs is 4. The fourth-order valence-electron chi connectivity index (χ4n) is 4.23. The van der Waals surface area contributed by atoms with E-state index >= 15 is 0 Å². The molecule has 1 unspecified atom stereocenters. The monoisotopic (exact) mass is 268 g/mol. The molecule has 0 aromatic heterocycles. The zero-order valence-corrected chi connectivity index (χ0v) is 11.4.